The molecule has 0 fully saturated rings. The maximum absolute atomic E-state index is 11.9. The highest BCUT2D eigenvalue weighted by molar-refractivity contribution is 5.84. The lowest BCUT2D eigenvalue weighted by atomic mass is 10.2. The van der Waals surface area contributed by atoms with E-state index < -0.39 is 0 Å². The number of hydrogen-bond acceptors (Lipinski definition) is 5. The molecule has 0 aliphatic rings. The van der Waals surface area contributed by atoms with E-state index in [1.807, 2.05) is 34.6 Å². The molecule has 1 aromatic rings. The fourth-order valence-corrected chi connectivity index (χ4v) is 1.78. The summed E-state index contributed by atoms with van der Waals surface area (Å²) in [4.78, 5) is 20.6. The average Bonchev–Trinajstić information content (AvgIpc) is 2.41. The van der Waals surface area contributed by atoms with Crippen LogP contribution in [-0.4, -0.2) is 35.0 Å². The van der Waals surface area contributed by atoms with Crippen LogP contribution < -0.4 is 16.0 Å². The van der Waals surface area contributed by atoms with Crippen LogP contribution in [0.25, 0.3) is 0 Å². The van der Waals surface area contributed by atoms with Crippen LogP contribution in [0.1, 0.15) is 38.6 Å². The Balaban J connectivity index is 2.83. The third-order valence-electron chi connectivity index (χ3n) is 2.90. The molecule has 6 nitrogen and oxygen atoms in total. The normalized spacial score (nSPS) is 11.8. The number of carbonyl (C=O) groups is 1. The first kappa shape index (κ1) is 16.2. The van der Waals surface area contributed by atoms with E-state index in [0.717, 1.165) is 24.3 Å². The first-order valence-electron chi connectivity index (χ1n) is 7.12. The molecule has 0 saturated carbocycles. The number of aryl methyl sites for hydroxylation is 1. The zero-order valence-corrected chi connectivity index (χ0v) is 13.0. The van der Waals surface area contributed by atoms with E-state index in [0.29, 0.717) is 18.2 Å². The van der Waals surface area contributed by atoms with Gasteiger partial charge in [0.15, 0.2) is 0 Å². The van der Waals surface area contributed by atoms with E-state index in [9.17, 15) is 4.79 Å². The Kier molecular flexibility index (Phi) is 6.21. The molecule has 1 rings (SSSR count). The van der Waals surface area contributed by atoms with Crippen molar-refractivity contribution in [2.24, 2.45) is 0 Å². The minimum absolute atomic E-state index is 0.0208. The summed E-state index contributed by atoms with van der Waals surface area (Å²) in [7, 11) is 0. The summed E-state index contributed by atoms with van der Waals surface area (Å²) in [5.74, 6) is 2.17. The van der Waals surface area contributed by atoms with Gasteiger partial charge in [-0.25, -0.2) is 9.97 Å². The highest BCUT2D eigenvalue weighted by Gasteiger charge is 2.15. The summed E-state index contributed by atoms with van der Waals surface area (Å²) in [5.41, 5.74) is 0.924. The van der Waals surface area contributed by atoms with Crippen molar-refractivity contribution < 1.29 is 4.79 Å². The maximum Gasteiger partial charge on any atom is 0.242 e. The van der Waals surface area contributed by atoms with Crippen LogP contribution in [0.15, 0.2) is 0 Å². The lowest BCUT2D eigenvalue weighted by Crippen LogP contribution is -2.38. The van der Waals surface area contributed by atoms with Crippen molar-refractivity contribution in [2.45, 2.75) is 47.1 Å². The summed E-state index contributed by atoms with van der Waals surface area (Å²) in [6, 6.07) is -0.330. The molecule has 0 aliphatic heterocycles. The number of nitrogens with one attached hydrogen (secondary N) is 3. The van der Waals surface area contributed by atoms with E-state index in [-0.39, 0.29) is 11.9 Å². The summed E-state index contributed by atoms with van der Waals surface area (Å²) in [5, 5.41) is 9.22. The van der Waals surface area contributed by atoms with E-state index in [1.165, 1.54) is 0 Å². The van der Waals surface area contributed by atoms with Crippen molar-refractivity contribution in [3.63, 3.8) is 0 Å². The van der Waals surface area contributed by atoms with Crippen LogP contribution in [0.5, 0.6) is 0 Å². The summed E-state index contributed by atoms with van der Waals surface area (Å²) in [6.45, 7) is 11.1. The second-order valence-electron chi connectivity index (χ2n) is 4.78. The second-order valence-corrected chi connectivity index (χ2v) is 4.78. The Morgan fingerprint density at radius 2 is 1.85 bits per heavy atom. The molecule has 0 aromatic carbocycles. The molecule has 1 unspecified atom stereocenters. The molecule has 20 heavy (non-hydrogen) atoms. The monoisotopic (exact) mass is 279 g/mol. The van der Waals surface area contributed by atoms with Gasteiger partial charge in [0.1, 0.15) is 23.5 Å². The van der Waals surface area contributed by atoms with E-state index in [2.05, 4.69) is 25.9 Å². The SMILES string of the molecule is CCCNC(=O)C(C)Nc1nc(C)nc(NCC)c1C. The third-order valence-corrected chi connectivity index (χ3v) is 2.90. The largest absolute Gasteiger partial charge is 0.370 e. The predicted molar refractivity (Wildman–Crippen MR) is 82.1 cm³/mol. The second kappa shape index (κ2) is 7.67. The molecule has 1 aromatic heterocycles. The van der Waals surface area contributed by atoms with Crippen LogP contribution >= 0.6 is 0 Å². The highest BCUT2D eigenvalue weighted by Crippen LogP contribution is 2.20. The minimum atomic E-state index is -0.330. The van der Waals surface area contributed by atoms with Crippen molar-refractivity contribution in [3.8, 4) is 0 Å². The fourth-order valence-electron chi connectivity index (χ4n) is 1.78. The number of anilines is 2. The predicted octanol–water partition coefficient (Wildman–Crippen LogP) is 1.85. The Bertz CT molecular complexity index is 461. The lowest BCUT2D eigenvalue weighted by Gasteiger charge is -2.18. The third kappa shape index (κ3) is 4.36. The minimum Gasteiger partial charge on any atom is -0.370 e. The Morgan fingerprint density at radius 3 is 2.45 bits per heavy atom. The molecule has 0 aliphatic carbocycles. The molecular weight excluding hydrogens is 254 g/mol. The van der Waals surface area contributed by atoms with Gasteiger partial charge in [0.2, 0.25) is 5.91 Å². The van der Waals surface area contributed by atoms with Gasteiger partial charge in [-0.2, -0.15) is 0 Å². The number of aromatic nitrogens is 2. The molecule has 1 atom stereocenters. The van der Waals surface area contributed by atoms with Crippen LogP contribution in [0, 0.1) is 13.8 Å². The highest BCUT2D eigenvalue weighted by atomic mass is 16.2. The van der Waals surface area contributed by atoms with E-state index in [1.54, 1.807) is 0 Å². The molecule has 112 valence electrons. The number of rotatable bonds is 7. The van der Waals surface area contributed by atoms with Crippen molar-refractivity contribution in [2.75, 3.05) is 23.7 Å². The molecular formula is C14H25N5O. The zero-order valence-electron chi connectivity index (χ0n) is 13.0. The van der Waals surface area contributed by atoms with Gasteiger partial charge in [-0.15, -0.1) is 0 Å². The standard InChI is InChI=1S/C14H25N5O/c1-6-8-16-14(20)10(4)17-13-9(3)12(15-7-2)18-11(5)19-13/h10H,6-8H2,1-5H3,(H,16,20)(H2,15,17,18,19). The summed E-state index contributed by atoms with van der Waals surface area (Å²) < 4.78 is 0. The van der Waals surface area contributed by atoms with Gasteiger partial charge in [0.25, 0.3) is 0 Å². The number of nitrogens with zero attached hydrogens (tertiary/aromatic N) is 2. The molecule has 6 heteroatoms. The molecule has 0 bridgehead atoms. The first-order chi connectivity index (χ1) is 9.49. The van der Waals surface area contributed by atoms with Gasteiger partial charge in [0, 0.05) is 18.7 Å². The van der Waals surface area contributed by atoms with Gasteiger partial charge in [0.05, 0.1) is 0 Å². The van der Waals surface area contributed by atoms with Crippen molar-refractivity contribution in [1.29, 1.82) is 0 Å². The van der Waals surface area contributed by atoms with E-state index >= 15 is 0 Å². The van der Waals surface area contributed by atoms with Crippen molar-refractivity contribution >= 4 is 17.5 Å². The van der Waals surface area contributed by atoms with Crippen molar-refractivity contribution in [3.05, 3.63) is 11.4 Å². The summed E-state index contributed by atoms with van der Waals surface area (Å²) >= 11 is 0. The Labute approximate surface area is 120 Å². The molecule has 0 spiro atoms. The van der Waals surface area contributed by atoms with Gasteiger partial charge in [-0.05, 0) is 34.1 Å². The average molecular weight is 279 g/mol. The molecule has 3 N–H and O–H groups in total. The quantitative estimate of drug-likeness (QED) is 0.710. The van der Waals surface area contributed by atoms with Gasteiger partial charge < -0.3 is 16.0 Å². The molecule has 0 saturated heterocycles. The molecule has 1 amide bonds. The molecule has 0 radical (unpaired) electrons. The fraction of sp³-hybridized carbons (Fsp3) is 0.643. The smallest absolute Gasteiger partial charge is 0.242 e. The van der Waals surface area contributed by atoms with Crippen molar-refractivity contribution in [1.82, 2.24) is 15.3 Å². The number of carbonyl (C=O) groups excluding carboxylic acids is 1. The Morgan fingerprint density at radius 1 is 1.20 bits per heavy atom. The Hall–Kier alpha value is -1.85. The van der Waals surface area contributed by atoms with Crippen LogP contribution in [0.4, 0.5) is 11.6 Å². The number of hydrogen-bond donors (Lipinski definition) is 3. The summed E-state index contributed by atoms with van der Waals surface area (Å²) in [6.07, 6.45) is 0.925. The van der Waals surface area contributed by atoms with E-state index in [4.69, 9.17) is 0 Å². The lowest BCUT2D eigenvalue weighted by molar-refractivity contribution is -0.121. The topological polar surface area (TPSA) is 78.9 Å². The van der Waals surface area contributed by atoms with Crippen LogP contribution in [0.2, 0.25) is 0 Å². The molecule has 1 heterocycles. The van der Waals surface area contributed by atoms with Crippen LogP contribution in [-0.2, 0) is 4.79 Å². The van der Waals surface area contributed by atoms with Gasteiger partial charge >= 0.3 is 0 Å². The van der Waals surface area contributed by atoms with Crippen LogP contribution in [0.3, 0.4) is 0 Å². The maximum atomic E-state index is 11.9. The van der Waals surface area contributed by atoms with Gasteiger partial charge in [-0.3, -0.25) is 4.79 Å². The number of amides is 1. The first-order valence-corrected chi connectivity index (χ1v) is 7.12. The zero-order chi connectivity index (χ0) is 15.1. The van der Waals surface area contributed by atoms with Gasteiger partial charge in [-0.1, -0.05) is 6.92 Å².